The van der Waals surface area contributed by atoms with Crippen molar-refractivity contribution in [3.05, 3.63) is 17.5 Å². The van der Waals surface area contributed by atoms with Gasteiger partial charge in [0.25, 0.3) is 5.91 Å². The van der Waals surface area contributed by atoms with Crippen LogP contribution in [0.15, 0.2) is 10.6 Å². The van der Waals surface area contributed by atoms with Crippen LogP contribution >= 0.6 is 0 Å². The number of amides is 1. The average molecular weight is 335 g/mol. The molecule has 1 amide bonds. The smallest absolute Gasteiger partial charge is 0.292 e. The van der Waals surface area contributed by atoms with Crippen molar-refractivity contribution in [3.8, 4) is 0 Å². The molecular formula is C18H29N3O3. The molecule has 24 heavy (non-hydrogen) atoms. The number of hydrogen-bond donors (Lipinski definition) is 0. The molecule has 2 aliphatic heterocycles. The van der Waals surface area contributed by atoms with Crippen molar-refractivity contribution in [3.63, 3.8) is 0 Å². The molecule has 0 bridgehead atoms. The van der Waals surface area contributed by atoms with Crippen LogP contribution in [0.5, 0.6) is 0 Å². The molecule has 2 aliphatic rings. The number of carbonyl (C=O) groups excluding carboxylic acids is 1. The van der Waals surface area contributed by atoms with E-state index in [0.29, 0.717) is 11.8 Å². The van der Waals surface area contributed by atoms with Crippen molar-refractivity contribution in [2.45, 2.75) is 51.5 Å². The Morgan fingerprint density at radius 3 is 2.79 bits per heavy atom. The summed E-state index contributed by atoms with van der Waals surface area (Å²) in [5.41, 5.74) is 0.847. The molecule has 3 heterocycles. The Kier molecular flexibility index (Phi) is 5.89. The largest absolute Gasteiger partial charge is 0.379 e. The minimum Gasteiger partial charge on any atom is -0.379 e. The Morgan fingerprint density at radius 1 is 1.29 bits per heavy atom. The summed E-state index contributed by atoms with van der Waals surface area (Å²) >= 11 is 0. The van der Waals surface area contributed by atoms with Crippen molar-refractivity contribution in [2.24, 2.45) is 0 Å². The van der Waals surface area contributed by atoms with Gasteiger partial charge in [-0.25, -0.2) is 0 Å². The minimum atomic E-state index is 0.000998. The van der Waals surface area contributed by atoms with Gasteiger partial charge in [0.15, 0.2) is 0 Å². The average Bonchev–Trinajstić information content (AvgIpc) is 3.11. The molecule has 0 aromatic carbocycles. The van der Waals surface area contributed by atoms with E-state index in [1.807, 2.05) is 4.90 Å². The molecule has 134 valence electrons. The monoisotopic (exact) mass is 335 g/mol. The first-order chi connectivity index (χ1) is 11.6. The lowest BCUT2D eigenvalue weighted by Gasteiger charge is -2.37. The van der Waals surface area contributed by atoms with Crippen LogP contribution < -0.4 is 0 Å². The Bertz CT molecular complexity index is 537. The van der Waals surface area contributed by atoms with Crippen LogP contribution in [-0.2, 0) is 4.74 Å². The van der Waals surface area contributed by atoms with Crippen LogP contribution in [0, 0.1) is 0 Å². The number of ether oxygens (including phenoxy) is 1. The number of rotatable bonds is 5. The molecule has 6 nitrogen and oxygen atoms in total. The normalized spacial score (nSPS) is 23.0. The van der Waals surface area contributed by atoms with Crippen LogP contribution in [0.3, 0.4) is 0 Å². The number of hydrogen-bond acceptors (Lipinski definition) is 5. The van der Waals surface area contributed by atoms with Crippen LogP contribution in [0.2, 0.25) is 0 Å². The highest BCUT2D eigenvalue weighted by molar-refractivity contribution is 5.91. The van der Waals surface area contributed by atoms with Crippen molar-refractivity contribution in [1.82, 2.24) is 15.0 Å². The van der Waals surface area contributed by atoms with Crippen LogP contribution in [0.1, 0.15) is 61.7 Å². The molecule has 0 saturated carbocycles. The summed E-state index contributed by atoms with van der Waals surface area (Å²) in [6.07, 6.45) is 4.38. The summed E-state index contributed by atoms with van der Waals surface area (Å²) in [7, 11) is 0. The Labute approximate surface area is 144 Å². The standard InChI is InChI=1S/C18H29N3O3/c1-14(2)16-13-17(24-19-16)18(22)21-7-4-3-5-15(21)6-8-20-9-11-23-12-10-20/h13-15H,3-12H2,1-2H3. The lowest BCUT2D eigenvalue weighted by molar-refractivity contribution is 0.0288. The molecule has 1 aromatic rings. The fourth-order valence-electron chi connectivity index (χ4n) is 3.53. The van der Waals surface area contributed by atoms with E-state index in [1.54, 1.807) is 6.07 Å². The van der Waals surface area contributed by atoms with Crippen molar-refractivity contribution in [1.29, 1.82) is 0 Å². The van der Waals surface area contributed by atoms with Gasteiger partial charge in [-0.05, 0) is 31.6 Å². The third kappa shape index (κ3) is 4.16. The maximum atomic E-state index is 12.9. The first kappa shape index (κ1) is 17.4. The van der Waals surface area contributed by atoms with E-state index in [0.717, 1.165) is 64.3 Å². The number of likely N-dealkylation sites (tertiary alicyclic amines) is 1. The van der Waals surface area contributed by atoms with Gasteiger partial charge in [0.05, 0.1) is 18.9 Å². The molecule has 1 unspecified atom stereocenters. The van der Waals surface area contributed by atoms with E-state index in [9.17, 15) is 4.79 Å². The predicted octanol–water partition coefficient (Wildman–Crippen LogP) is 2.52. The maximum Gasteiger partial charge on any atom is 0.292 e. The molecule has 2 saturated heterocycles. The van der Waals surface area contributed by atoms with E-state index < -0.39 is 0 Å². The van der Waals surface area contributed by atoms with Gasteiger partial charge >= 0.3 is 0 Å². The maximum absolute atomic E-state index is 12.9. The van der Waals surface area contributed by atoms with Gasteiger partial charge in [0.1, 0.15) is 0 Å². The van der Waals surface area contributed by atoms with Gasteiger partial charge in [-0.3, -0.25) is 9.69 Å². The number of piperidine rings is 1. The zero-order chi connectivity index (χ0) is 16.9. The predicted molar refractivity (Wildman–Crippen MR) is 91.1 cm³/mol. The first-order valence-corrected chi connectivity index (χ1v) is 9.23. The van der Waals surface area contributed by atoms with Crippen LogP contribution in [0.25, 0.3) is 0 Å². The Morgan fingerprint density at radius 2 is 2.08 bits per heavy atom. The molecule has 1 atom stereocenters. The van der Waals surface area contributed by atoms with E-state index in [4.69, 9.17) is 9.26 Å². The molecule has 0 spiro atoms. The quantitative estimate of drug-likeness (QED) is 0.827. The summed E-state index contributed by atoms with van der Waals surface area (Å²) < 4.78 is 10.7. The van der Waals surface area contributed by atoms with Crippen molar-refractivity contribution in [2.75, 3.05) is 39.4 Å². The van der Waals surface area contributed by atoms with E-state index >= 15 is 0 Å². The second-order valence-electron chi connectivity index (χ2n) is 7.16. The molecular weight excluding hydrogens is 306 g/mol. The van der Waals surface area contributed by atoms with E-state index in [1.165, 1.54) is 6.42 Å². The second kappa shape index (κ2) is 8.12. The topological polar surface area (TPSA) is 58.8 Å². The molecule has 0 aliphatic carbocycles. The van der Waals surface area contributed by atoms with E-state index in [2.05, 4.69) is 23.9 Å². The van der Waals surface area contributed by atoms with Gasteiger partial charge in [-0.1, -0.05) is 19.0 Å². The summed E-state index contributed by atoms with van der Waals surface area (Å²) in [4.78, 5) is 17.3. The fraction of sp³-hybridized carbons (Fsp3) is 0.778. The van der Waals surface area contributed by atoms with Crippen LogP contribution in [-0.4, -0.2) is 66.3 Å². The summed E-state index contributed by atoms with van der Waals surface area (Å²) in [6.45, 7) is 9.61. The highest BCUT2D eigenvalue weighted by Crippen LogP contribution is 2.24. The number of morpholine rings is 1. The molecule has 0 radical (unpaired) electrons. The first-order valence-electron chi connectivity index (χ1n) is 9.23. The van der Waals surface area contributed by atoms with Gasteiger partial charge in [0, 0.05) is 38.3 Å². The molecule has 6 heteroatoms. The van der Waals surface area contributed by atoms with Gasteiger partial charge < -0.3 is 14.2 Å². The SMILES string of the molecule is CC(C)c1cc(C(=O)N2CCCCC2CCN2CCOCC2)on1. The number of carbonyl (C=O) groups is 1. The van der Waals surface area contributed by atoms with Crippen molar-refractivity contribution < 1.29 is 14.1 Å². The third-order valence-corrected chi connectivity index (χ3v) is 5.10. The number of nitrogens with zero attached hydrogens (tertiary/aromatic N) is 3. The van der Waals surface area contributed by atoms with Crippen LogP contribution in [0.4, 0.5) is 0 Å². The molecule has 3 rings (SSSR count). The highest BCUT2D eigenvalue weighted by Gasteiger charge is 2.30. The van der Waals surface area contributed by atoms with Gasteiger partial charge in [-0.15, -0.1) is 0 Å². The zero-order valence-corrected chi connectivity index (χ0v) is 14.9. The van der Waals surface area contributed by atoms with Gasteiger partial charge in [0.2, 0.25) is 5.76 Å². The Hall–Kier alpha value is -1.40. The molecule has 1 aromatic heterocycles. The summed E-state index contributed by atoms with van der Waals surface area (Å²) in [6, 6.07) is 2.11. The van der Waals surface area contributed by atoms with Gasteiger partial charge in [-0.2, -0.15) is 0 Å². The summed E-state index contributed by atoms with van der Waals surface area (Å²) in [5.74, 6) is 0.659. The minimum absolute atomic E-state index is 0.000998. The summed E-state index contributed by atoms with van der Waals surface area (Å²) in [5, 5.41) is 4.03. The number of aromatic nitrogens is 1. The fourth-order valence-corrected chi connectivity index (χ4v) is 3.53. The third-order valence-electron chi connectivity index (χ3n) is 5.10. The molecule has 0 N–H and O–H groups in total. The zero-order valence-electron chi connectivity index (χ0n) is 14.9. The molecule has 2 fully saturated rings. The lowest BCUT2D eigenvalue weighted by atomic mass is 9.98. The second-order valence-corrected chi connectivity index (χ2v) is 7.16. The Balaban J connectivity index is 1.61. The lowest BCUT2D eigenvalue weighted by Crippen LogP contribution is -2.46. The highest BCUT2D eigenvalue weighted by atomic mass is 16.5. The van der Waals surface area contributed by atoms with E-state index in [-0.39, 0.29) is 11.8 Å². The van der Waals surface area contributed by atoms with Crippen molar-refractivity contribution >= 4 is 5.91 Å².